The third-order valence-electron chi connectivity index (χ3n) is 2.72. The first-order valence-corrected chi connectivity index (χ1v) is 5.41. The van der Waals surface area contributed by atoms with Crippen molar-refractivity contribution in [3.05, 3.63) is 51.7 Å². The van der Waals surface area contributed by atoms with Crippen molar-refractivity contribution in [1.82, 2.24) is 0 Å². The molecule has 2 rings (SSSR count). The van der Waals surface area contributed by atoms with Crippen LogP contribution < -0.4 is 0 Å². The highest BCUT2D eigenvalue weighted by molar-refractivity contribution is 5.98. The monoisotopic (exact) mass is 263 g/mol. The van der Waals surface area contributed by atoms with E-state index in [1.165, 1.54) is 25.1 Å². The van der Waals surface area contributed by atoms with Crippen molar-refractivity contribution in [2.45, 2.75) is 19.3 Å². The fraction of sp³-hybridized carbons (Fsp3) is 0.250. The quantitative estimate of drug-likeness (QED) is 0.392. The Hall–Kier alpha value is -2.37. The largest absolute Gasteiger partial charge is 0.426 e. The molecule has 0 fully saturated rings. The molecule has 0 aliphatic carbocycles. The minimum absolute atomic E-state index is 0.0921. The minimum Gasteiger partial charge on any atom is -0.426 e. The number of benzene rings is 1. The molecule has 0 aromatic heterocycles. The summed E-state index contributed by atoms with van der Waals surface area (Å²) in [6, 6.07) is 3.78. The number of ether oxygens (including phenoxy) is 1. The van der Waals surface area contributed by atoms with Crippen molar-refractivity contribution in [1.29, 1.82) is 0 Å². The first kappa shape index (κ1) is 13.1. The van der Waals surface area contributed by atoms with E-state index < -0.39 is 17.6 Å². The van der Waals surface area contributed by atoms with Crippen molar-refractivity contribution in [3.8, 4) is 0 Å². The zero-order valence-electron chi connectivity index (χ0n) is 10.00. The van der Waals surface area contributed by atoms with E-state index in [-0.39, 0.29) is 12.1 Å². The van der Waals surface area contributed by atoms with Crippen molar-refractivity contribution in [3.63, 3.8) is 0 Å². The summed E-state index contributed by atoms with van der Waals surface area (Å²) in [4.78, 5) is 13.8. The molecule has 1 aromatic rings. The molecule has 1 heterocycles. The average molecular weight is 263 g/mol. The lowest BCUT2D eigenvalue weighted by molar-refractivity contribution is -0.169. The molecule has 98 valence electrons. The van der Waals surface area contributed by atoms with Gasteiger partial charge in [-0.2, -0.15) is 0 Å². The lowest BCUT2D eigenvalue weighted by Crippen LogP contribution is -2.26. The summed E-state index contributed by atoms with van der Waals surface area (Å²) in [6.45, 7) is 1.22. The van der Waals surface area contributed by atoms with Crippen LogP contribution in [0.4, 0.5) is 4.39 Å². The van der Waals surface area contributed by atoms with Crippen LogP contribution in [-0.2, 0) is 16.1 Å². The highest BCUT2D eigenvalue weighted by atomic mass is 19.1. The highest BCUT2D eigenvalue weighted by Gasteiger charge is 2.38. The Balaban J connectivity index is 2.53. The number of nitrogens with zero attached hydrogens (tertiary/aromatic N) is 3. The van der Waals surface area contributed by atoms with Crippen LogP contribution in [0.5, 0.6) is 0 Å². The van der Waals surface area contributed by atoms with Crippen molar-refractivity contribution >= 4 is 11.5 Å². The number of carbonyl (C=O) groups excluding carboxylic acids is 1. The predicted molar refractivity (Wildman–Crippen MR) is 63.9 cm³/mol. The van der Waals surface area contributed by atoms with E-state index in [0.29, 0.717) is 11.1 Å². The molecule has 0 amide bonds. The molecule has 19 heavy (non-hydrogen) atoms. The Labute approximate surface area is 107 Å². The van der Waals surface area contributed by atoms with Crippen LogP contribution in [0.3, 0.4) is 0 Å². The third-order valence-corrected chi connectivity index (χ3v) is 2.72. The zero-order valence-corrected chi connectivity index (χ0v) is 10.00. The Bertz CT molecular complexity index is 619. The molecule has 0 spiro atoms. The van der Waals surface area contributed by atoms with Gasteiger partial charge in [-0.3, -0.25) is 0 Å². The lowest BCUT2D eigenvalue weighted by Gasteiger charge is -2.21. The molecule has 1 unspecified atom stereocenters. The zero-order chi connectivity index (χ0) is 14.0. The lowest BCUT2D eigenvalue weighted by atomic mass is 9.95. The van der Waals surface area contributed by atoms with Gasteiger partial charge < -0.3 is 9.84 Å². The molecular weight excluding hydrogens is 253 g/mol. The summed E-state index contributed by atoms with van der Waals surface area (Å²) >= 11 is 0. The number of halogens is 1. The molecule has 1 aliphatic heterocycles. The van der Waals surface area contributed by atoms with Gasteiger partial charge in [-0.1, -0.05) is 11.2 Å². The van der Waals surface area contributed by atoms with Crippen molar-refractivity contribution in [2.24, 2.45) is 5.11 Å². The van der Waals surface area contributed by atoms with Crippen LogP contribution in [0.1, 0.15) is 18.1 Å². The van der Waals surface area contributed by atoms with Crippen LogP contribution in [0.15, 0.2) is 29.4 Å². The predicted octanol–water partition coefficient (Wildman–Crippen LogP) is 2.28. The maximum atomic E-state index is 13.2. The van der Waals surface area contributed by atoms with Crippen molar-refractivity contribution in [2.75, 3.05) is 0 Å². The summed E-state index contributed by atoms with van der Waals surface area (Å²) < 4.78 is 17.9. The molecule has 1 N–H and O–H groups in total. The van der Waals surface area contributed by atoms with Gasteiger partial charge in [0, 0.05) is 23.5 Å². The second-order valence-electron chi connectivity index (χ2n) is 4.15. The van der Waals surface area contributed by atoms with Crippen LogP contribution in [-0.4, -0.2) is 16.9 Å². The number of azide groups is 1. The Morgan fingerprint density at radius 3 is 2.89 bits per heavy atom. The van der Waals surface area contributed by atoms with Crippen LogP contribution >= 0.6 is 0 Å². The van der Waals surface area contributed by atoms with E-state index >= 15 is 0 Å². The molecule has 6 nitrogen and oxygen atoms in total. The van der Waals surface area contributed by atoms with Crippen molar-refractivity contribution < 1.29 is 19.0 Å². The van der Waals surface area contributed by atoms with Crippen LogP contribution in [0.25, 0.3) is 16.0 Å². The summed E-state index contributed by atoms with van der Waals surface area (Å²) in [5.41, 5.74) is 9.30. The fourth-order valence-electron chi connectivity index (χ4n) is 1.92. The van der Waals surface area contributed by atoms with E-state index in [4.69, 9.17) is 10.3 Å². The second kappa shape index (κ2) is 4.72. The maximum Gasteiger partial charge on any atom is 0.334 e. The number of cyclic esters (lactones) is 1. The summed E-state index contributed by atoms with van der Waals surface area (Å²) in [5.74, 6) is -2.96. The summed E-state index contributed by atoms with van der Waals surface area (Å²) in [7, 11) is 0. The van der Waals surface area contributed by atoms with E-state index in [1.807, 2.05) is 0 Å². The topological polar surface area (TPSA) is 95.3 Å². The van der Waals surface area contributed by atoms with E-state index in [0.717, 1.165) is 6.08 Å². The summed E-state index contributed by atoms with van der Waals surface area (Å²) in [6.07, 6.45) is 1.13. The molecule has 1 aliphatic rings. The van der Waals surface area contributed by atoms with Gasteiger partial charge in [-0.05, 0) is 28.8 Å². The van der Waals surface area contributed by atoms with Gasteiger partial charge in [0.25, 0.3) is 0 Å². The molecule has 7 heteroatoms. The maximum absolute atomic E-state index is 13.2. The first-order chi connectivity index (χ1) is 8.94. The molecule has 0 saturated carbocycles. The highest BCUT2D eigenvalue weighted by Crippen LogP contribution is 2.35. The van der Waals surface area contributed by atoms with E-state index in [1.54, 1.807) is 0 Å². The minimum atomic E-state index is -1.78. The Kier molecular flexibility index (Phi) is 3.25. The van der Waals surface area contributed by atoms with Gasteiger partial charge in [-0.15, -0.1) is 0 Å². The summed E-state index contributed by atoms with van der Waals surface area (Å²) in [5, 5.41) is 13.3. The average Bonchev–Trinajstić information content (AvgIpc) is 2.60. The van der Waals surface area contributed by atoms with Gasteiger partial charge in [0.1, 0.15) is 5.82 Å². The van der Waals surface area contributed by atoms with Gasteiger partial charge >= 0.3 is 5.97 Å². The van der Waals surface area contributed by atoms with Gasteiger partial charge in [0.15, 0.2) is 0 Å². The number of esters is 1. The second-order valence-corrected chi connectivity index (χ2v) is 4.15. The van der Waals surface area contributed by atoms with Gasteiger partial charge in [-0.25, -0.2) is 9.18 Å². The molecule has 0 bridgehead atoms. The molecule has 0 radical (unpaired) electrons. The van der Waals surface area contributed by atoms with Crippen LogP contribution in [0, 0.1) is 5.82 Å². The Morgan fingerprint density at radius 1 is 1.58 bits per heavy atom. The van der Waals surface area contributed by atoms with E-state index in [2.05, 4.69) is 10.0 Å². The van der Waals surface area contributed by atoms with Gasteiger partial charge in [0.2, 0.25) is 5.79 Å². The number of aliphatic hydroxyl groups is 1. The molecule has 1 atom stereocenters. The standard InChI is InChI=1S/C12H10FN3O3/c1-12(18)10(5-11(17)19-12)9-3-2-8(13)4-7(9)6-15-16-14/h2-5,18H,6H2,1H3. The third kappa shape index (κ3) is 2.57. The first-order valence-electron chi connectivity index (χ1n) is 5.41. The van der Waals surface area contributed by atoms with Crippen LogP contribution in [0.2, 0.25) is 0 Å². The SMILES string of the molecule is CC1(O)OC(=O)C=C1c1ccc(F)cc1CN=[N+]=[N-]. The normalized spacial score (nSPS) is 21.6. The number of hydrogen-bond acceptors (Lipinski definition) is 4. The number of carbonyl (C=O) groups is 1. The molecular formula is C12H10FN3O3. The molecule has 1 aromatic carbocycles. The Morgan fingerprint density at radius 2 is 2.32 bits per heavy atom. The smallest absolute Gasteiger partial charge is 0.334 e. The number of rotatable bonds is 3. The molecule has 0 saturated heterocycles. The van der Waals surface area contributed by atoms with E-state index in [9.17, 15) is 14.3 Å². The number of hydrogen-bond donors (Lipinski definition) is 1. The van der Waals surface area contributed by atoms with Gasteiger partial charge in [0.05, 0.1) is 6.54 Å². The fourth-order valence-corrected chi connectivity index (χ4v) is 1.92.